The minimum atomic E-state index is -0.109. The number of aliphatic hydroxyl groups is 1. The van der Waals surface area contributed by atoms with Crippen LogP contribution in [0.4, 0.5) is 0 Å². The van der Waals surface area contributed by atoms with Gasteiger partial charge in [-0.05, 0) is 18.6 Å². The van der Waals surface area contributed by atoms with Crippen LogP contribution in [0.3, 0.4) is 0 Å². The summed E-state index contributed by atoms with van der Waals surface area (Å²) in [6, 6.07) is 9.91. The molecule has 18 heavy (non-hydrogen) atoms. The minimum absolute atomic E-state index is 0.0732. The standard InChI is InChI=1S/C14H19N3O/c1-4-14(2,3)13-16-15-12(10-18)17(13)11-8-6-5-7-9-11/h5-9,18H,4,10H2,1-3H3. The van der Waals surface area contributed by atoms with Crippen LogP contribution in [-0.2, 0) is 12.0 Å². The van der Waals surface area contributed by atoms with Crippen molar-refractivity contribution in [3.63, 3.8) is 0 Å². The molecule has 0 spiro atoms. The van der Waals surface area contributed by atoms with Crippen LogP contribution < -0.4 is 0 Å². The molecule has 0 aliphatic carbocycles. The van der Waals surface area contributed by atoms with Gasteiger partial charge in [0, 0.05) is 11.1 Å². The van der Waals surface area contributed by atoms with Gasteiger partial charge in [0.1, 0.15) is 12.4 Å². The molecule has 1 aromatic carbocycles. The predicted molar refractivity (Wildman–Crippen MR) is 70.6 cm³/mol. The first-order valence-electron chi connectivity index (χ1n) is 6.21. The van der Waals surface area contributed by atoms with Crippen molar-refractivity contribution in [2.24, 2.45) is 0 Å². The molecule has 1 N–H and O–H groups in total. The van der Waals surface area contributed by atoms with Crippen molar-refractivity contribution in [2.75, 3.05) is 0 Å². The Hall–Kier alpha value is -1.68. The molecule has 0 aliphatic heterocycles. The summed E-state index contributed by atoms with van der Waals surface area (Å²) in [6.45, 7) is 6.29. The van der Waals surface area contributed by atoms with Crippen LogP contribution in [0, 0.1) is 0 Å². The second-order valence-electron chi connectivity index (χ2n) is 5.01. The summed E-state index contributed by atoms with van der Waals surface area (Å²) in [5, 5.41) is 17.8. The first-order chi connectivity index (χ1) is 8.60. The lowest BCUT2D eigenvalue weighted by molar-refractivity contribution is 0.268. The van der Waals surface area contributed by atoms with Crippen LogP contribution in [0.25, 0.3) is 5.69 Å². The van der Waals surface area contributed by atoms with E-state index in [4.69, 9.17) is 0 Å². The quantitative estimate of drug-likeness (QED) is 0.900. The average Bonchev–Trinajstić information content (AvgIpc) is 2.84. The Kier molecular flexibility index (Phi) is 3.48. The van der Waals surface area contributed by atoms with E-state index in [0.717, 1.165) is 17.9 Å². The highest BCUT2D eigenvalue weighted by molar-refractivity contribution is 5.35. The zero-order valence-electron chi connectivity index (χ0n) is 11.1. The molecule has 0 unspecified atom stereocenters. The first kappa shape index (κ1) is 12.8. The monoisotopic (exact) mass is 245 g/mol. The van der Waals surface area contributed by atoms with Gasteiger partial charge >= 0.3 is 0 Å². The normalized spacial score (nSPS) is 11.8. The topological polar surface area (TPSA) is 50.9 Å². The summed E-state index contributed by atoms with van der Waals surface area (Å²) in [5.41, 5.74) is 0.916. The summed E-state index contributed by atoms with van der Waals surface area (Å²) < 4.78 is 1.95. The van der Waals surface area contributed by atoms with Gasteiger partial charge in [0.2, 0.25) is 0 Å². The number of hydrogen-bond acceptors (Lipinski definition) is 3. The number of aromatic nitrogens is 3. The molecule has 0 saturated heterocycles. The van der Waals surface area contributed by atoms with E-state index in [2.05, 4.69) is 31.0 Å². The van der Waals surface area contributed by atoms with E-state index in [0.29, 0.717) is 5.82 Å². The number of hydrogen-bond donors (Lipinski definition) is 1. The molecule has 4 heteroatoms. The third kappa shape index (κ3) is 2.16. The van der Waals surface area contributed by atoms with Crippen molar-refractivity contribution in [1.29, 1.82) is 0 Å². The first-order valence-corrected chi connectivity index (χ1v) is 6.21. The third-order valence-corrected chi connectivity index (χ3v) is 3.38. The zero-order chi connectivity index (χ0) is 13.2. The Labute approximate surface area is 107 Å². The molecule has 2 aromatic rings. The molecular weight excluding hydrogens is 226 g/mol. The van der Waals surface area contributed by atoms with Crippen molar-refractivity contribution >= 4 is 0 Å². The van der Waals surface area contributed by atoms with Gasteiger partial charge in [-0.15, -0.1) is 10.2 Å². The van der Waals surface area contributed by atoms with Gasteiger partial charge in [0.05, 0.1) is 0 Å². The fourth-order valence-corrected chi connectivity index (χ4v) is 1.86. The van der Waals surface area contributed by atoms with Gasteiger partial charge < -0.3 is 5.11 Å². The fourth-order valence-electron chi connectivity index (χ4n) is 1.86. The SMILES string of the molecule is CCC(C)(C)c1nnc(CO)n1-c1ccccc1. The van der Waals surface area contributed by atoms with Crippen molar-refractivity contribution in [2.45, 2.75) is 39.2 Å². The van der Waals surface area contributed by atoms with Crippen molar-refractivity contribution < 1.29 is 5.11 Å². The summed E-state index contributed by atoms with van der Waals surface area (Å²) in [7, 11) is 0. The molecule has 0 amide bonds. The molecule has 0 radical (unpaired) electrons. The van der Waals surface area contributed by atoms with Crippen LogP contribution in [0.1, 0.15) is 38.8 Å². The summed E-state index contributed by atoms with van der Waals surface area (Å²) in [5.74, 6) is 1.47. The van der Waals surface area contributed by atoms with Crippen molar-refractivity contribution in [3.05, 3.63) is 42.0 Å². The number of nitrogens with zero attached hydrogens (tertiary/aromatic N) is 3. The molecule has 0 fully saturated rings. The van der Waals surface area contributed by atoms with Gasteiger partial charge in [0.15, 0.2) is 5.82 Å². The summed E-state index contributed by atoms with van der Waals surface area (Å²) >= 11 is 0. The second kappa shape index (κ2) is 4.90. The molecule has 1 heterocycles. The molecule has 0 aliphatic rings. The van der Waals surface area contributed by atoms with Crippen LogP contribution in [0.5, 0.6) is 0 Å². The fraction of sp³-hybridized carbons (Fsp3) is 0.429. The Morgan fingerprint density at radius 2 is 1.83 bits per heavy atom. The molecule has 4 nitrogen and oxygen atoms in total. The lowest BCUT2D eigenvalue weighted by Gasteiger charge is -2.23. The van der Waals surface area contributed by atoms with Gasteiger partial charge in [0.25, 0.3) is 0 Å². The van der Waals surface area contributed by atoms with Crippen LogP contribution in [0.2, 0.25) is 0 Å². The number of para-hydroxylation sites is 1. The van der Waals surface area contributed by atoms with Crippen LogP contribution >= 0.6 is 0 Å². The largest absolute Gasteiger partial charge is 0.388 e. The molecular formula is C14H19N3O. The highest BCUT2D eigenvalue weighted by Gasteiger charge is 2.27. The van der Waals surface area contributed by atoms with E-state index < -0.39 is 0 Å². The smallest absolute Gasteiger partial charge is 0.163 e. The third-order valence-electron chi connectivity index (χ3n) is 3.38. The van der Waals surface area contributed by atoms with E-state index in [-0.39, 0.29) is 12.0 Å². The predicted octanol–water partition coefficient (Wildman–Crippen LogP) is 2.45. The molecule has 1 aromatic heterocycles. The zero-order valence-corrected chi connectivity index (χ0v) is 11.1. The van der Waals surface area contributed by atoms with E-state index in [1.165, 1.54) is 0 Å². The second-order valence-corrected chi connectivity index (χ2v) is 5.01. The van der Waals surface area contributed by atoms with Gasteiger partial charge in [-0.2, -0.15) is 0 Å². The Balaban J connectivity index is 2.61. The maximum Gasteiger partial charge on any atom is 0.163 e. The molecule has 0 bridgehead atoms. The van der Waals surface area contributed by atoms with Gasteiger partial charge in [-0.3, -0.25) is 4.57 Å². The number of benzene rings is 1. The van der Waals surface area contributed by atoms with Crippen molar-refractivity contribution in [3.8, 4) is 5.69 Å². The maximum atomic E-state index is 9.41. The summed E-state index contributed by atoms with van der Waals surface area (Å²) in [6.07, 6.45) is 0.962. The Morgan fingerprint density at radius 3 is 2.39 bits per heavy atom. The van der Waals surface area contributed by atoms with E-state index in [1.807, 2.05) is 34.9 Å². The van der Waals surface area contributed by atoms with Crippen LogP contribution in [0.15, 0.2) is 30.3 Å². The minimum Gasteiger partial charge on any atom is -0.388 e. The molecule has 96 valence electrons. The highest BCUT2D eigenvalue weighted by Crippen LogP contribution is 2.28. The Morgan fingerprint density at radius 1 is 1.17 bits per heavy atom. The summed E-state index contributed by atoms with van der Waals surface area (Å²) in [4.78, 5) is 0. The Bertz CT molecular complexity index is 517. The van der Waals surface area contributed by atoms with Gasteiger partial charge in [-0.25, -0.2) is 0 Å². The number of aliphatic hydroxyl groups excluding tert-OH is 1. The van der Waals surface area contributed by atoms with E-state index in [9.17, 15) is 5.11 Å². The van der Waals surface area contributed by atoms with Gasteiger partial charge in [-0.1, -0.05) is 39.0 Å². The van der Waals surface area contributed by atoms with E-state index >= 15 is 0 Å². The average molecular weight is 245 g/mol. The molecule has 2 rings (SSSR count). The lowest BCUT2D eigenvalue weighted by atomic mass is 9.89. The maximum absolute atomic E-state index is 9.41. The lowest BCUT2D eigenvalue weighted by Crippen LogP contribution is -2.22. The molecule has 0 saturated carbocycles. The van der Waals surface area contributed by atoms with E-state index in [1.54, 1.807) is 0 Å². The van der Waals surface area contributed by atoms with Crippen molar-refractivity contribution in [1.82, 2.24) is 14.8 Å². The molecule has 0 atom stereocenters. The highest BCUT2D eigenvalue weighted by atomic mass is 16.3. The number of rotatable bonds is 4. The van der Waals surface area contributed by atoms with Crippen LogP contribution in [-0.4, -0.2) is 19.9 Å².